The molecule has 0 unspecified atom stereocenters. The smallest absolute Gasteiger partial charge is 0.220 e. The van der Waals surface area contributed by atoms with Crippen molar-refractivity contribution < 1.29 is 9.53 Å². The Morgan fingerprint density at radius 3 is 2.26 bits per heavy atom. The molecule has 0 aliphatic rings. The van der Waals surface area contributed by atoms with E-state index in [0.717, 1.165) is 17.9 Å². The largest absolute Gasteiger partial charge is 0.493 e. The fourth-order valence-electron chi connectivity index (χ4n) is 1.61. The van der Waals surface area contributed by atoms with Gasteiger partial charge in [0.1, 0.15) is 5.75 Å². The van der Waals surface area contributed by atoms with Gasteiger partial charge in [0.2, 0.25) is 5.91 Å². The van der Waals surface area contributed by atoms with Gasteiger partial charge in [-0.05, 0) is 29.5 Å². The highest BCUT2D eigenvalue weighted by Gasteiger charge is 2.04. The van der Waals surface area contributed by atoms with E-state index in [1.807, 2.05) is 38.1 Å². The number of hydrogen-bond acceptors (Lipinski definition) is 2. The number of ether oxygens (including phenoxy) is 1. The average molecular weight is 263 g/mol. The van der Waals surface area contributed by atoms with Crippen LogP contribution in [0.1, 0.15) is 39.7 Å². The summed E-state index contributed by atoms with van der Waals surface area (Å²) in [6.07, 6.45) is 0.579. The van der Waals surface area contributed by atoms with E-state index in [0.29, 0.717) is 24.8 Å². The number of nitrogens with one attached hydrogen (secondary N) is 1. The lowest BCUT2D eigenvalue weighted by Crippen LogP contribution is -2.23. The van der Waals surface area contributed by atoms with E-state index in [1.54, 1.807) is 0 Å². The van der Waals surface area contributed by atoms with Crippen molar-refractivity contribution in [1.29, 1.82) is 0 Å². The molecule has 3 heteroatoms. The summed E-state index contributed by atoms with van der Waals surface area (Å²) in [6.45, 7) is 9.64. The third kappa shape index (κ3) is 6.85. The van der Waals surface area contributed by atoms with Gasteiger partial charge in [-0.2, -0.15) is 0 Å². The molecule has 1 aromatic rings. The molecule has 3 nitrogen and oxygen atoms in total. The Morgan fingerprint density at radius 2 is 1.74 bits per heavy atom. The number of rotatable bonds is 7. The Bertz CT molecular complexity index is 382. The second kappa shape index (κ2) is 7.82. The van der Waals surface area contributed by atoms with Crippen molar-refractivity contribution in [3.05, 3.63) is 29.8 Å². The van der Waals surface area contributed by atoms with Crippen molar-refractivity contribution in [2.45, 2.75) is 40.7 Å². The van der Waals surface area contributed by atoms with Crippen LogP contribution in [-0.2, 0) is 11.3 Å². The molecule has 0 fully saturated rings. The molecule has 0 atom stereocenters. The predicted molar refractivity (Wildman–Crippen MR) is 78.1 cm³/mol. The zero-order valence-corrected chi connectivity index (χ0v) is 12.4. The SMILES string of the molecule is CC(C)COc1ccc(CNC(=O)CC(C)C)cc1. The molecule has 0 spiro atoms. The molecular formula is C16H25NO2. The minimum absolute atomic E-state index is 0.107. The van der Waals surface area contributed by atoms with Crippen molar-refractivity contribution >= 4 is 5.91 Å². The van der Waals surface area contributed by atoms with Gasteiger partial charge in [-0.1, -0.05) is 39.8 Å². The van der Waals surface area contributed by atoms with Crippen LogP contribution in [0.15, 0.2) is 24.3 Å². The van der Waals surface area contributed by atoms with Gasteiger partial charge in [-0.15, -0.1) is 0 Å². The Morgan fingerprint density at radius 1 is 1.11 bits per heavy atom. The normalized spacial score (nSPS) is 10.8. The molecule has 0 bridgehead atoms. The lowest BCUT2D eigenvalue weighted by Gasteiger charge is -2.10. The average Bonchev–Trinajstić information content (AvgIpc) is 2.34. The first-order valence-electron chi connectivity index (χ1n) is 6.95. The summed E-state index contributed by atoms with van der Waals surface area (Å²) < 4.78 is 5.61. The highest BCUT2D eigenvalue weighted by Crippen LogP contribution is 2.13. The molecule has 0 aliphatic carbocycles. The Hall–Kier alpha value is -1.51. The molecule has 0 saturated heterocycles. The summed E-state index contributed by atoms with van der Waals surface area (Å²) in [5, 5.41) is 2.92. The molecule has 1 amide bonds. The van der Waals surface area contributed by atoms with Gasteiger partial charge in [0.05, 0.1) is 6.61 Å². The highest BCUT2D eigenvalue weighted by molar-refractivity contribution is 5.76. The van der Waals surface area contributed by atoms with Crippen LogP contribution in [-0.4, -0.2) is 12.5 Å². The maximum absolute atomic E-state index is 11.5. The van der Waals surface area contributed by atoms with Crippen molar-refractivity contribution in [2.75, 3.05) is 6.61 Å². The zero-order valence-electron chi connectivity index (χ0n) is 12.4. The van der Waals surface area contributed by atoms with E-state index in [2.05, 4.69) is 19.2 Å². The Balaban J connectivity index is 2.37. The Labute approximate surface area is 116 Å². The van der Waals surface area contributed by atoms with Crippen LogP contribution >= 0.6 is 0 Å². The number of carbonyl (C=O) groups excluding carboxylic acids is 1. The minimum Gasteiger partial charge on any atom is -0.493 e. The van der Waals surface area contributed by atoms with Crippen LogP contribution in [0.3, 0.4) is 0 Å². The summed E-state index contributed by atoms with van der Waals surface area (Å²) in [4.78, 5) is 11.5. The molecular weight excluding hydrogens is 238 g/mol. The maximum atomic E-state index is 11.5. The van der Waals surface area contributed by atoms with Crippen molar-refractivity contribution in [1.82, 2.24) is 5.32 Å². The topological polar surface area (TPSA) is 38.3 Å². The van der Waals surface area contributed by atoms with Crippen LogP contribution in [0.2, 0.25) is 0 Å². The summed E-state index contributed by atoms with van der Waals surface area (Å²) in [6, 6.07) is 7.88. The van der Waals surface area contributed by atoms with Crippen molar-refractivity contribution in [3.63, 3.8) is 0 Å². The van der Waals surface area contributed by atoms with Crippen LogP contribution in [0.5, 0.6) is 5.75 Å². The monoisotopic (exact) mass is 263 g/mol. The van der Waals surface area contributed by atoms with E-state index in [4.69, 9.17) is 4.74 Å². The fourth-order valence-corrected chi connectivity index (χ4v) is 1.61. The van der Waals surface area contributed by atoms with Gasteiger partial charge in [0.15, 0.2) is 0 Å². The van der Waals surface area contributed by atoms with Gasteiger partial charge in [-0.3, -0.25) is 4.79 Å². The first-order chi connectivity index (χ1) is 8.97. The molecule has 1 aromatic carbocycles. The van der Waals surface area contributed by atoms with E-state index in [9.17, 15) is 4.79 Å². The standard InChI is InChI=1S/C16H25NO2/c1-12(2)9-16(18)17-10-14-5-7-15(8-6-14)19-11-13(3)4/h5-8,12-13H,9-11H2,1-4H3,(H,17,18). The fraction of sp³-hybridized carbons (Fsp3) is 0.562. The molecule has 0 radical (unpaired) electrons. The predicted octanol–water partition coefficient (Wildman–Crippen LogP) is 3.38. The van der Waals surface area contributed by atoms with Crippen LogP contribution < -0.4 is 10.1 Å². The molecule has 0 heterocycles. The van der Waals surface area contributed by atoms with Crippen LogP contribution in [0.4, 0.5) is 0 Å². The molecule has 0 aliphatic heterocycles. The third-order valence-corrected chi connectivity index (χ3v) is 2.59. The Kier molecular flexibility index (Phi) is 6.40. The zero-order chi connectivity index (χ0) is 14.3. The van der Waals surface area contributed by atoms with E-state index in [1.165, 1.54) is 0 Å². The van der Waals surface area contributed by atoms with Gasteiger partial charge in [0, 0.05) is 13.0 Å². The quantitative estimate of drug-likeness (QED) is 0.819. The second-order valence-corrected chi connectivity index (χ2v) is 5.72. The maximum Gasteiger partial charge on any atom is 0.220 e. The number of carbonyl (C=O) groups is 1. The molecule has 106 valence electrons. The molecule has 19 heavy (non-hydrogen) atoms. The number of benzene rings is 1. The van der Waals surface area contributed by atoms with E-state index in [-0.39, 0.29) is 5.91 Å². The van der Waals surface area contributed by atoms with E-state index >= 15 is 0 Å². The van der Waals surface area contributed by atoms with Gasteiger partial charge in [0.25, 0.3) is 0 Å². The van der Waals surface area contributed by atoms with Crippen molar-refractivity contribution in [2.24, 2.45) is 11.8 Å². The summed E-state index contributed by atoms with van der Waals surface area (Å²) in [5.74, 6) is 1.91. The summed E-state index contributed by atoms with van der Waals surface area (Å²) >= 11 is 0. The number of hydrogen-bond donors (Lipinski definition) is 1. The van der Waals surface area contributed by atoms with Gasteiger partial charge >= 0.3 is 0 Å². The lowest BCUT2D eigenvalue weighted by molar-refractivity contribution is -0.121. The number of amides is 1. The summed E-state index contributed by atoms with van der Waals surface area (Å²) in [5.41, 5.74) is 1.09. The lowest BCUT2D eigenvalue weighted by atomic mass is 10.1. The molecule has 1 rings (SSSR count). The first kappa shape index (κ1) is 15.5. The minimum atomic E-state index is 0.107. The third-order valence-electron chi connectivity index (χ3n) is 2.59. The highest BCUT2D eigenvalue weighted by atomic mass is 16.5. The second-order valence-electron chi connectivity index (χ2n) is 5.72. The van der Waals surface area contributed by atoms with Crippen LogP contribution in [0, 0.1) is 11.8 Å². The van der Waals surface area contributed by atoms with Gasteiger partial charge < -0.3 is 10.1 Å². The molecule has 0 saturated carbocycles. The van der Waals surface area contributed by atoms with Crippen LogP contribution in [0.25, 0.3) is 0 Å². The molecule has 1 N–H and O–H groups in total. The van der Waals surface area contributed by atoms with Crippen molar-refractivity contribution in [3.8, 4) is 5.75 Å². The van der Waals surface area contributed by atoms with Gasteiger partial charge in [-0.25, -0.2) is 0 Å². The van der Waals surface area contributed by atoms with E-state index < -0.39 is 0 Å². The molecule has 0 aromatic heterocycles. The first-order valence-corrected chi connectivity index (χ1v) is 6.95. The summed E-state index contributed by atoms with van der Waals surface area (Å²) in [7, 11) is 0.